The monoisotopic (exact) mass is 242 g/mol. The Morgan fingerprint density at radius 1 is 1.28 bits per heavy atom. The average Bonchev–Trinajstić information content (AvgIpc) is 2.79. The lowest BCUT2D eigenvalue weighted by Gasteiger charge is -2.16. The normalized spacial score (nSPS) is 17.6. The summed E-state index contributed by atoms with van der Waals surface area (Å²) in [7, 11) is 0. The molecule has 0 saturated heterocycles. The van der Waals surface area contributed by atoms with Gasteiger partial charge in [0.05, 0.1) is 11.7 Å². The molecule has 0 radical (unpaired) electrons. The zero-order chi connectivity index (χ0) is 12.5. The fourth-order valence-electron chi connectivity index (χ4n) is 2.50. The van der Waals surface area contributed by atoms with Crippen molar-refractivity contribution in [2.45, 2.75) is 25.8 Å². The van der Waals surface area contributed by atoms with Crippen LogP contribution in [-0.2, 0) is 6.42 Å². The van der Waals surface area contributed by atoms with Crippen molar-refractivity contribution in [3.63, 3.8) is 0 Å². The maximum atomic E-state index is 13.5. The minimum Gasteiger partial charge on any atom is -0.376 e. The quantitative estimate of drug-likeness (QED) is 0.869. The molecule has 0 saturated carbocycles. The summed E-state index contributed by atoms with van der Waals surface area (Å²) in [6, 6.07) is 9.42. The highest BCUT2D eigenvalue weighted by Crippen LogP contribution is 2.33. The van der Waals surface area contributed by atoms with Crippen molar-refractivity contribution < 1.29 is 4.39 Å². The number of benzene rings is 1. The maximum Gasteiger partial charge on any atom is 0.128 e. The molecule has 1 aliphatic rings. The van der Waals surface area contributed by atoms with Gasteiger partial charge in [-0.25, -0.2) is 4.39 Å². The molecule has 0 aliphatic heterocycles. The van der Waals surface area contributed by atoms with Gasteiger partial charge in [-0.15, -0.1) is 0 Å². The van der Waals surface area contributed by atoms with E-state index in [9.17, 15) is 4.39 Å². The van der Waals surface area contributed by atoms with E-state index in [0.29, 0.717) is 5.56 Å². The highest BCUT2D eigenvalue weighted by Gasteiger charge is 2.23. The molecule has 1 heterocycles. The first-order valence-electron chi connectivity index (χ1n) is 6.21. The molecular weight excluding hydrogens is 227 g/mol. The van der Waals surface area contributed by atoms with Gasteiger partial charge >= 0.3 is 0 Å². The molecule has 0 amide bonds. The van der Waals surface area contributed by atoms with E-state index < -0.39 is 0 Å². The molecule has 18 heavy (non-hydrogen) atoms. The van der Waals surface area contributed by atoms with Gasteiger partial charge in [0, 0.05) is 17.4 Å². The first-order chi connectivity index (χ1) is 8.75. The summed E-state index contributed by atoms with van der Waals surface area (Å²) in [6.07, 6.45) is 3.87. The van der Waals surface area contributed by atoms with Crippen LogP contribution in [0.25, 0.3) is 0 Å². The Morgan fingerprint density at radius 3 is 3.06 bits per heavy atom. The van der Waals surface area contributed by atoms with Crippen LogP contribution < -0.4 is 5.32 Å². The molecular formula is C15H15FN2. The Labute approximate surface area is 106 Å². The Bertz CT molecular complexity index is 580. The number of nitrogens with one attached hydrogen (secondary N) is 1. The topological polar surface area (TPSA) is 24.9 Å². The lowest BCUT2D eigenvalue weighted by Crippen LogP contribution is -2.10. The molecule has 1 N–H and O–H groups in total. The molecule has 0 bridgehead atoms. The van der Waals surface area contributed by atoms with Crippen LogP contribution in [0.4, 0.5) is 10.1 Å². The fourth-order valence-corrected chi connectivity index (χ4v) is 2.50. The molecule has 1 unspecified atom stereocenters. The minimum atomic E-state index is -0.167. The summed E-state index contributed by atoms with van der Waals surface area (Å²) < 4.78 is 13.5. The molecule has 1 aliphatic carbocycles. The minimum absolute atomic E-state index is 0.167. The molecule has 1 aromatic carbocycles. The molecule has 0 fully saturated rings. The first-order valence-corrected chi connectivity index (χ1v) is 6.21. The van der Waals surface area contributed by atoms with Crippen molar-refractivity contribution in [2.75, 3.05) is 5.32 Å². The van der Waals surface area contributed by atoms with E-state index in [-0.39, 0.29) is 11.9 Å². The van der Waals surface area contributed by atoms with Gasteiger partial charge in [-0.3, -0.25) is 4.98 Å². The number of rotatable bonds is 2. The van der Waals surface area contributed by atoms with E-state index in [1.54, 1.807) is 13.0 Å². The van der Waals surface area contributed by atoms with E-state index in [2.05, 4.69) is 16.4 Å². The standard InChI is InChI=1S/C15H15FN2/c1-10-12(16)5-2-6-13(10)18-14-8-7-11-4-3-9-17-15(11)14/h2-6,9,14,18H,7-8H2,1H3. The average molecular weight is 242 g/mol. The van der Waals surface area contributed by atoms with Gasteiger partial charge < -0.3 is 5.32 Å². The second-order valence-electron chi connectivity index (χ2n) is 4.70. The van der Waals surface area contributed by atoms with Crippen molar-refractivity contribution in [3.8, 4) is 0 Å². The number of anilines is 1. The number of fused-ring (bicyclic) bond motifs is 1. The van der Waals surface area contributed by atoms with E-state index in [1.807, 2.05) is 18.3 Å². The zero-order valence-electron chi connectivity index (χ0n) is 10.3. The summed E-state index contributed by atoms with van der Waals surface area (Å²) >= 11 is 0. The Kier molecular flexibility index (Phi) is 2.74. The van der Waals surface area contributed by atoms with Crippen LogP contribution in [0.2, 0.25) is 0 Å². The number of hydrogen-bond acceptors (Lipinski definition) is 2. The van der Waals surface area contributed by atoms with Gasteiger partial charge in [-0.05, 0) is 43.5 Å². The molecule has 2 aromatic rings. The second-order valence-corrected chi connectivity index (χ2v) is 4.70. The highest BCUT2D eigenvalue weighted by molar-refractivity contribution is 5.53. The predicted molar refractivity (Wildman–Crippen MR) is 70.1 cm³/mol. The van der Waals surface area contributed by atoms with E-state index in [0.717, 1.165) is 24.2 Å². The number of hydrogen-bond donors (Lipinski definition) is 1. The van der Waals surface area contributed by atoms with Gasteiger partial charge in [-0.1, -0.05) is 12.1 Å². The smallest absolute Gasteiger partial charge is 0.128 e. The van der Waals surface area contributed by atoms with Crippen LogP contribution in [0.15, 0.2) is 36.5 Å². The third-order valence-corrected chi connectivity index (χ3v) is 3.56. The van der Waals surface area contributed by atoms with Crippen LogP contribution in [-0.4, -0.2) is 4.98 Å². The van der Waals surface area contributed by atoms with Crippen LogP contribution in [0.5, 0.6) is 0 Å². The second kappa shape index (κ2) is 4.41. The summed E-state index contributed by atoms with van der Waals surface area (Å²) in [6.45, 7) is 1.80. The van der Waals surface area contributed by atoms with Crippen molar-refractivity contribution in [3.05, 3.63) is 59.2 Å². The van der Waals surface area contributed by atoms with Crippen LogP contribution in [0.3, 0.4) is 0 Å². The lowest BCUT2D eigenvalue weighted by atomic mass is 10.1. The molecule has 2 nitrogen and oxygen atoms in total. The first kappa shape index (κ1) is 11.2. The number of aromatic nitrogens is 1. The molecule has 92 valence electrons. The maximum absolute atomic E-state index is 13.5. The van der Waals surface area contributed by atoms with Crippen LogP contribution in [0, 0.1) is 12.7 Å². The fraction of sp³-hybridized carbons (Fsp3) is 0.267. The van der Waals surface area contributed by atoms with Gasteiger partial charge in [0.1, 0.15) is 5.82 Å². The molecule has 3 rings (SSSR count). The largest absolute Gasteiger partial charge is 0.376 e. The Balaban J connectivity index is 1.89. The molecule has 3 heteroatoms. The van der Waals surface area contributed by atoms with Gasteiger partial charge in [0.2, 0.25) is 0 Å². The van der Waals surface area contributed by atoms with Crippen molar-refractivity contribution >= 4 is 5.69 Å². The van der Waals surface area contributed by atoms with Crippen molar-refractivity contribution in [1.82, 2.24) is 4.98 Å². The van der Waals surface area contributed by atoms with Crippen LogP contribution in [0.1, 0.15) is 29.3 Å². The zero-order valence-corrected chi connectivity index (χ0v) is 10.3. The summed E-state index contributed by atoms with van der Waals surface area (Å²) in [5.74, 6) is -0.167. The van der Waals surface area contributed by atoms with Crippen molar-refractivity contribution in [2.24, 2.45) is 0 Å². The summed E-state index contributed by atoms with van der Waals surface area (Å²) in [5.41, 5.74) is 3.92. The third-order valence-electron chi connectivity index (χ3n) is 3.56. The molecule has 1 aromatic heterocycles. The third kappa shape index (κ3) is 1.86. The number of aryl methyl sites for hydroxylation is 1. The van der Waals surface area contributed by atoms with Gasteiger partial charge in [0.15, 0.2) is 0 Å². The number of halogens is 1. The number of nitrogens with zero attached hydrogens (tertiary/aromatic N) is 1. The van der Waals surface area contributed by atoms with Gasteiger partial charge in [-0.2, -0.15) is 0 Å². The van der Waals surface area contributed by atoms with E-state index in [1.165, 1.54) is 11.6 Å². The Hall–Kier alpha value is -1.90. The lowest BCUT2D eigenvalue weighted by molar-refractivity contribution is 0.618. The molecule has 0 spiro atoms. The highest BCUT2D eigenvalue weighted by atomic mass is 19.1. The van der Waals surface area contributed by atoms with E-state index in [4.69, 9.17) is 0 Å². The SMILES string of the molecule is Cc1c(F)cccc1NC1CCc2cccnc21. The Morgan fingerprint density at radius 2 is 2.17 bits per heavy atom. The predicted octanol–water partition coefficient (Wildman–Crippen LogP) is 3.63. The number of pyridine rings is 1. The van der Waals surface area contributed by atoms with Crippen LogP contribution >= 0.6 is 0 Å². The van der Waals surface area contributed by atoms with Crippen molar-refractivity contribution in [1.29, 1.82) is 0 Å². The van der Waals surface area contributed by atoms with E-state index >= 15 is 0 Å². The van der Waals surface area contributed by atoms with Gasteiger partial charge in [0.25, 0.3) is 0 Å². The molecule has 1 atom stereocenters. The summed E-state index contributed by atoms with van der Waals surface area (Å²) in [5, 5.41) is 3.40. The summed E-state index contributed by atoms with van der Waals surface area (Å²) in [4.78, 5) is 4.43.